The molecule has 3 rings (SSSR count). The fraction of sp³-hybridized carbons (Fsp3) is 0.118. The molecular formula is C17H15ClFN3O4S2. The first kappa shape index (κ1) is 20.3. The number of amides is 2. The summed E-state index contributed by atoms with van der Waals surface area (Å²) in [6.07, 6.45) is 0.991. The zero-order valence-corrected chi connectivity index (χ0v) is 17.1. The standard InChI is InChI=1S/C17H15ClFN3O4S2/c1-22(16(24)12-6-4-3-5-11(12)15(20)23)17-21-13-8-7-10(27(2,25)26)9-14(13)28(17,18)19/h3-9H,1-2H3,(H2,20,23). The summed E-state index contributed by atoms with van der Waals surface area (Å²) >= 11 is 0. The van der Waals surface area contributed by atoms with Crippen LogP contribution in [0, 0.1) is 0 Å². The first-order chi connectivity index (χ1) is 12.9. The molecule has 0 saturated heterocycles. The third-order valence-corrected chi connectivity index (χ3v) is 7.82. The lowest BCUT2D eigenvalue weighted by molar-refractivity contribution is 0.0864. The molecule has 1 aliphatic rings. The maximum atomic E-state index is 15.5. The lowest BCUT2D eigenvalue weighted by Crippen LogP contribution is -2.34. The highest BCUT2D eigenvalue weighted by molar-refractivity contribution is 8.58. The topological polar surface area (TPSA) is 110 Å². The lowest BCUT2D eigenvalue weighted by atomic mass is 10.1. The van der Waals surface area contributed by atoms with Crippen LogP contribution in [0.5, 0.6) is 0 Å². The second-order valence-corrected chi connectivity index (χ2v) is 11.1. The number of halogens is 2. The number of sulfone groups is 1. The van der Waals surface area contributed by atoms with E-state index in [-0.39, 0.29) is 31.8 Å². The quantitative estimate of drug-likeness (QED) is 0.785. The van der Waals surface area contributed by atoms with E-state index in [9.17, 15) is 18.0 Å². The number of primary amides is 1. The van der Waals surface area contributed by atoms with Crippen molar-refractivity contribution >= 4 is 52.8 Å². The van der Waals surface area contributed by atoms with Gasteiger partial charge in [-0.1, -0.05) is 12.1 Å². The largest absolute Gasteiger partial charge is 0.366 e. The molecular weight excluding hydrogens is 429 g/mol. The fourth-order valence-corrected chi connectivity index (χ4v) is 5.67. The fourth-order valence-electron chi connectivity index (χ4n) is 2.68. The van der Waals surface area contributed by atoms with Crippen LogP contribution in [0.1, 0.15) is 20.7 Å². The summed E-state index contributed by atoms with van der Waals surface area (Å²) < 4.78 is 39.0. The van der Waals surface area contributed by atoms with Gasteiger partial charge in [0.2, 0.25) is 5.91 Å². The van der Waals surface area contributed by atoms with Crippen LogP contribution in [-0.2, 0) is 9.84 Å². The molecule has 2 aromatic carbocycles. The predicted molar refractivity (Wildman–Crippen MR) is 107 cm³/mol. The highest BCUT2D eigenvalue weighted by Gasteiger charge is 2.43. The molecule has 1 aliphatic heterocycles. The van der Waals surface area contributed by atoms with Crippen molar-refractivity contribution in [3.63, 3.8) is 0 Å². The Morgan fingerprint density at radius 2 is 1.79 bits per heavy atom. The van der Waals surface area contributed by atoms with Gasteiger partial charge in [-0.15, -0.1) is 0 Å². The first-order valence-electron chi connectivity index (χ1n) is 7.77. The maximum absolute atomic E-state index is 15.5. The summed E-state index contributed by atoms with van der Waals surface area (Å²) in [5, 5.41) is -0.362. The molecule has 2 aromatic rings. The number of nitrogens with two attached hydrogens (primary N) is 1. The number of hydrogen-bond acceptors (Lipinski definition) is 5. The van der Waals surface area contributed by atoms with E-state index < -0.39 is 31.3 Å². The molecule has 0 fully saturated rings. The molecule has 7 nitrogen and oxygen atoms in total. The normalized spacial score (nSPS) is 20.6. The minimum Gasteiger partial charge on any atom is -0.366 e. The summed E-state index contributed by atoms with van der Waals surface area (Å²) in [5.74, 6) is -1.53. The Balaban J connectivity index is 2.03. The van der Waals surface area contributed by atoms with Gasteiger partial charge in [0, 0.05) is 13.3 Å². The number of rotatable bonds is 3. The third kappa shape index (κ3) is 3.38. The molecule has 0 aliphatic carbocycles. The highest BCUT2D eigenvalue weighted by atomic mass is 35.7. The molecule has 0 aromatic heterocycles. The molecule has 0 radical (unpaired) electrons. The number of amidine groups is 1. The van der Waals surface area contributed by atoms with E-state index in [4.69, 9.17) is 16.4 Å². The van der Waals surface area contributed by atoms with Gasteiger partial charge in [-0.25, -0.2) is 13.4 Å². The van der Waals surface area contributed by atoms with Gasteiger partial charge in [0.25, 0.3) is 5.91 Å². The van der Waals surface area contributed by atoms with Gasteiger partial charge >= 0.3 is 0 Å². The zero-order valence-electron chi connectivity index (χ0n) is 14.7. The van der Waals surface area contributed by atoms with Crippen LogP contribution in [-0.4, -0.2) is 43.6 Å². The summed E-state index contributed by atoms with van der Waals surface area (Å²) in [4.78, 5) is 29.2. The number of carbonyl (C=O) groups excluding carboxylic acids is 2. The molecule has 1 unspecified atom stereocenters. The Kier molecular flexibility index (Phi) is 4.98. The van der Waals surface area contributed by atoms with Crippen molar-refractivity contribution < 1.29 is 21.9 Å². The minimum atomic E-state index is -3.77. The summed E-state index contributed by atoms with van der Waals surface area (Å²) in [5.41, 5.74) is 5.38. The predicted octanol–water partition coefficient (Wildman–Crippen LogP) is 3.16. The average molecular weight is 444 g/mol. The zero-order chi connectivity index (χ0) is 20.9. The van der Waals surface area contributed by atoms with Gasteiger partial charge in [0.1, 0.15) is 0 Å². The van der Waals surface area contributed by atoms with Gasteiger partial charge in [0.15, 0.2) is 15.0 Å². The van der Waals surface area contributed by atoms with Crippen LogP contribution in [0.25, 0.3) is 0 Å². The maximum Gasteiger partial charge on any atom is 0.260 e. The third-order valence-electron chi connectivity index (χ3n) is 4.10. The van der Waals surface area contributed by atoms with Gasteiger partial charge < -0.3 is 5.73 Å². The van der Waals surface area contributed by atoms with Crippen LogP contribution in [0.4, 0.5) is 9.57 Å². The van der Waals surface area contributed by atoms with Crippen LogP contribution < -0.4 is 5.73 Å². The molecule has 1 heterocycles. The molecule has 11 heteroatoms. The summed E-state index contributed by atoms with van der Waals surface area (Å²) in [7, 11) is 0.0409. The van der Waals surface area contributed by atoms with E-state index in [1.807, 2.05) is 0 Å². The van der Waals surface area contributed by atoms with Gasteiger partial charge in [-0.3, -0.25) is 14.5 Å². The van der Waals surface area contributed by atoms with E-state index in [1.165, 1.54) is 37.4 Å². The van der Waals surface area contributed by atoms with Gasteiger partial charge in [0.05, 0.1) is 36.2 Å². The second-order valence-electron chi connectivity index (χ2n) is 6.04. The monoisotopic (exact) mass is 443 g/mol. The Hall–Kier alpha value is -2.43. The number of carbonyl (C=O) groups is 2. The first-order valence-corrected chi connectivity index (χ1v) is 12.0. The van der Waals surface area contributed by atoms with Crippen LogP contribution >= 0.6 is 20.3 Å². The van der Waals surface area contributed by atoms with E-state index >= 15 is 3.89 Å². The van der Waals surface area contributed by atoms with E-state index in [2.05, 4.69) is 4.99 Å². The SMILES string of the molecule is CN(C(=O)c1ccccc1C(N)=O)C1=Nc2ccc(S(C)(=O)=O)cc2S1(F)Cl. The van der Waals surface area contributed by atoms with Crippen LogP contribution in [0.3, 0.4) is 0 Å². The van der Waals surface area contributed by atoms with Crippen molar-refractivity contribution in [2.75, 3.05) is 13.3 Å². The molecule has 1 atom stereocenters. The van der Waals surface area contributed by atoms with Crippen LogP contribution in [0.15, 0.2) is 57.2 Å². The molecule has 28 heavy (non-hydrogen) atoms. The van der Waals surface area contributed by atoms with Crippen molar-refractivity contribution in [3.8, 4) is 0 Å². The smallest absolute Gasteiger partial charge is 0.260 e. The molecule has 2 N–H and O–H groups in total. The Bertz CT molecular complexity index is 1150. The van der Waals surface area contributed by atoms with E-state index in [0.717, 1.165) is 17.2 Å². The minimum absolute atomic E-state index is 0.0242. The van der Waals surface area contributed by atoms with E-state index in [0.29, 0.717) is 0 Å². The van der Waals surface area contributed by atoms with Crippen molar-refractivity contribution in [3.05, 3.63) is 53.6 Å². The summed E-state index contributed by atoms with van der Waals surface area (Å²) in [6, 6.07) is 9.58. The number of fused-ring (bicyclic) bond motifs is 1. The average Bonchev–Trinajstić information content (AvgIpc) is 2.90. The molecule has 148 valence electrons. The van der Waals surface area contributed by atoms with Gasteiger partial charge in [-0.05, 0) is 41.0 Å². The van der Waals surface area contributed by atoms with Crippen LogP contribution in [0.2, 0.25) is 0 Å². The molecule has 0 spiro atoms. The number of benzene rings is 2. The summed E-state index contributed by atoms with van der Waals surface area (Å²) in [6.45, 7) is 0. The Labute approximate surface area is 167 Å². The van der Waals surface area contributed by atoms with E-state index in [1.54, 1.807) is 6.07 Å². The molecule has 0 bridgehead atoms. The lowest BCUT2D eigenvalue weighted by Gasteiger charge is -2.26. The highest BCUT2D eigenvalue weighted by Crippen LogP contribution is 2.70. The van der Waals surface area contributed by atoms with Crippen molar-refractivity contribution in [1.29, 1.82) is 0 Å². The Morgan fingerprint density at radius 3 is 2.36 bits per heavy atom. The van der Waals surface area contributed by atoms with Crippen molar-refractivity contribution in [1.82, 2.24) is 4.90 Å². The van der Waals surface area contributed by atoms with Crippen molar-refractivity contribution in [2.24, 2.45) is 10.7 Å². The Morgan fingerprint density at radius 1 is 1.18 bits per heavy atom. The number of nitrogens with zero attached hydrogens (tertiary/aromatic N) is 2. The second kappa shape index (κ2) is 6.87. The van der Waals surface area contributed by atoms with Crippen molar-refractivity contribution in [2.45, 2.75) is 9.79 Å². The van der Waals surface area contributed by atoms with Gasteiger partial charge in [-0.2, -0.15) is 3.89 Å². The number of hydrogen-bond donors (Lipinski definition) is 1. The molecule has 2 amide bonds. The number of aliphatic imine (C=N–C) groups is 1. The molecule has 0 saturated carbocycles.